The van der Waals surface area contributed by atoms with E-state index in [1.54, 1.807) is 24.3 Å². The number of amides is 1. The highest BCUT2D eigenvalue weighted by atomic mass is 32.1. The van der Waals surface area contributed by atoms with Crippen LogP contribution in [0.3, 0.4) is 0 Å². The van der Waals surface area contributed by atoms with Crippen molar-refractivity contribution in [3.8, 4) is 0 Å². The van der Waals surface area contributed by atoms with E-state index in [-0.39, 0.29) is 17.5 Å². The first-order valence-corrected chi connectivity index (χ1v) is 11.4. The quantitative estimate of drug-likeness (QED) is 0.414. The molecule has 0 saturated carbocycles. The fraction of sp³-hybridized carbons (Fsp3) is 0.320. The summed E-state index contributed by atoms with van der Waals surface area (Å²) in [6.45, 7) is 9.54. The Labute approximate surface area is 197 Å². The van der Waals surface area contributed by atoms with Crippen LogP contribution in [0.4, 0.5) is 0 Å². The van der Waals surface area contributed by atoms with Gasteiger partial charge in [-0.2, -0.15) is 0 Å². The van der Waals surface area contributed by atoms with Crippen molar-refractivity contribution in [1.29, 1.82) is 0 Å². The number of aryl methyl sites for hydroxylation is 1. The SMILES string of the molecule is C=CCn1c(=S)[nH]c2cc(C(=O)NCC(c3cccc(C)c3)N3CCOCC3)ccc2c1=O. The van der Waals surface area contributed by atoms with E-state index in [4.69, 9.17) is 17.0 Å². The van der Waals surface area contributed by atoms with E-state index in [0.29, 0.717) is 47.5 Å². The molecule has 2 heterocycles. The van der Waals surface area contributed by atoms with Crippen LogP contribution in [-0.4, -0.2) is 53.2 Å². The number of aromatic nitrogens is 2. The minimum Gasteiger partial charge on any atom is -0.379 e. The van der Waals surface area contributed by atoms with E-state index in [0.717, 1.165) is 13.1 Å². The molecule has 1 unspecified atom stereocenters. The van der Waals surface area contributed by atoms with Crippen LogP contribution in [0.15, 0.2) is 59.9 Å². The van der Waals surface area contributed by atoms with Gasteiger partial charge < -0.3 is 15.0 Å². The van der Waals surface area contributed by atoms with Crippen molar-refractivity contribution in [2.75, 3.05) is 32.8 Å². The summed E-state index contributed by atoms with van der Waals surface area (Å²) in [5.41, 5.74) is 3.17. The van der Waals surface area contributed by atoms with Gasteiger partial charge in [0.2, 0.25) is 0 Å². The second kappa shape index (κ2) is 10.2. The summed E-state index contributed by atoms with van der Waals surface area (Å²) in [7, 11) is 0. The number of ether oxygens (including phenoxy) is 1. The van der Waals surface area contributed by atoms with Crippen LogP contribution in [0.2, 0.25) is 0 Å². The molecule has 1 fully saturated rings. The number of H-pyrrole nitrogens is 1. The average Bonchev–Trinajstić information content (AvgIpc) is 2.82. The molecule has 2 aromatic carbocycles. The number of morpholine rings is 1. The van der Waals surface area contributed by atoms with Crippen molar-refractivity contribution in [3.63, 3.8) is 0 Å². The van der Waals surface area contributed by atoms with Gasteiger partial charge in [-0.25, -0.2) is 0 Å². The van der Waals surface area contributed by atoms with Gasteiger partial charge in [-0.3, -0.25) is 19.1 Å². The average molecular weight is 465 g/mol. The molecule has 172 valence electrons. The molecular weight excluding hydrogens is 436 g/mol. The van der Waals surface area contributed by atoms with Crippen LogP contribution in [0.25, 0.3) is 10.9 Å². The summed E-state index contributed by atoms with van der Waals surface area (Å²) in [4.78, 5) is 31.1. The number of hydrogen-bond acceptors (Lipinski definition) is 5. The van der Waals surface area contributed by atoms with Crippen molar-refractivity contribution in [1.82, 2.24) is 19.8 Å². The molecule has 3 aromatic rings. The zero-order chi connectivity index (χ0) is 23.4. The Bertz CT molecular complexity index is 1290. The van der Waals surface area contributed by atoms with Crippen molar-refractivity contribution < 1.29 is 9.53 Å². The van der Waals surface area contributed by atoms with E-state index < -0.39 is 0 Å². The second-order valence-corrected chi connectivity index (χ2v) is 8.57. The number of aromatic amines is 1. The summed E-state index contributed by atoms with van der Waals surface area (Å²) in [6.07, 6.45) is 1.62. The highest BCUT2D eigenvalue weighted by molar-refractivity contribution is 7.71. The van der Waals surface area contributed by atoms with Crippen molar-refractivity contribution >= 4 is 29.0 Å². The largest absolute Gasteiger partial charge is 0.379 e. The van der Waals surface area contributed by atoms with Gasteiger partial charge >= 0.3 is 0 Å². The summed E-state index contributed by atoms with van der Waals surface area (Å²) in [6, 6.07) is 13.4. The van der Waals surface area contributed by atoms with E-state index in [1.807, 2.05) is 6.07 Å². The summed E-state index contributed by atoms with van der Waals surface area (Å²) < 4.78 is 7.26. The molecule has 1 aromatic heterocycles. The lowest BCUT2D eigenvalue weighted by molar-refractivity contribution is 0.0162. The van der Waals surface area contributed by atoms with Gasteiger partial charge in [-0.1, -0.05) is 35.9 Å². The molecule has 0 bridgehead atoms. The Kier molecular flexibility index (Phi) is 7.17. The maximum atomic E-state index is 13.0. The first kappa shape index (κ1) is 23.1. The lowest BCUT2D eigenvalue weighted by Crippen LogP contribution is -2.43. The number of nitrogens with zero attached hydrogens (tertiary/aromatic N) is 2. The van der Waals surface area contributed by atoms with Gasteiger partial charge in [0.25, 0.3) is 11.5 Å². The van der Waals surface area contributed by atoms with Crippen LogP contribution in [0.1, 0.15) is 27.5 Å². The van der Waals surface area contributed by atoms with Crippen LogP contribution >= 0.6 is 12.2 Å². The molecule has 0 spiro atoms. The summed E-state index contributed by atoms with van der Waals surface area (Å²) in [5, 5.41) is 3.56. The molecule has 1 aliphatic heterocycles. The van der Waals surface area contributed by atoms with E-state index in [2.05, 4.69) is 46.9 Å². The highest BCUT2D eigenvalue weighted by Gasteiger charge is 2.23. The minimum atomic E-state index is -0.201. The van der Waals surface area contributed by atoms with E-state index in [1.165, 1.54) is 15.7 Å². The topological polar surface area (TPSA) is 79.4 Å². The first-order valence-electron chi connectivity index (χ1n) is 11.0. The molecule has 1 atom stereocenters. The molecule has 1 amide bonds. The van der Waals surface area contributed by atoms with Gasteiger partial charge in [0.15, 0.2) is 4.77 Å². The number of nitrogens with one attached hydrogen (secondary N) is 2. The molecule has 4 rings (SSSR count). The normalized spacial score (nSPS) is 15.3. The fourth-order valence-electron chi connectivity index (χ4n) is 4.21. The maximum Gasteiger partial charge on any atom is 0.262 e. The van der Waals surface area contributed by atoms with Crippen molar-refractivity contribution in [2.24, 2.45) is 0 Å². The molecule has 2 N–H and O–H groups in total. The third-order valence-corrected chi connectivity index (χ3v) is 6.25. The zero-order valence-corrected chi connectivity index (χ0v) is 19.5. The summed E-state index contributed by atoms with van der Waals surface area (Å²) in [5.74, 6) is -0.197. The number of carbonyl (C=O) groups excluding carboxylic acids is 1. The Balaban J connectivity index is 1.57. The van der Waals surface area contributed by atoms with Crippen LogP contribution in [-0.2, 0) is 11.3 Å². The highest BCUT2D eigenvalue weighted by Crippen LogP contribution is 2.22. The van der Waals surface area contributed by atoms with Gasteiger partial charge in [0.05, 0.1) is 30.2 Å². The predicted molar refractivity (Wildman–Crippen MR) is 132 cm³/mol. The standard InChI is InChI=1S/C25H28N4O3S/c1-3-9-29-24(31)20-8-7-19(15-21(20)27-25(29)33)23(30)26-16-22(28-10-12-32-13-11-28)18-6-4-5-17(2)14-18/h3-8,14-15,22H,1,9-13,16H2,2H3,(H,26,30)(H,27,33). The maximum absolute atomic E-state index is 13.0. The Morgan fingerprint density at radius 1 is 1.27 bits per heavy atom. The molecular formula is C25H28N4O3S. The number of rotatable bonds is 7. The van der Waals surface area contributed by atoms with E-state index in [9.17, 15) is 9.59 Å². The third-order valence-electron chi connectivity index (χ3n) is 5.93. The molecule has 7 nitrogen and oxygen atoms in total. The van der Waals surface area contributed by atoms with Gasteiger partial charge in [0.1, 0.15) is 0 Å². The Hall–Kier alpha value is -3.07. The monoisotopic (exact) mass is 464 g/mol. The Morgan fingerprint density at radius 3 is 2.79 bits per heavy atom. The number of benzene rings is 2. The smallest absolute Gasteiger partial charge is 0.262 e. The molecule has 1 aliphatic rings. The van der Waals surface area contributed by atoms with Crippen LogP contribution in [0, 0.1) is 11.7 Å². The number of hydrogen-bond donors (Lipinski definition) is 2. The Morgan fingerprint density at radius 2 is 2.06 bits per heavy atom. The van der Waals surface area contributed by atoms with Crippen LogP contribution < -0.4 is 10.9 Å². The van der Waals surface area contributed by atoms with E-state index >= 15 is 0 Å². The lowest BCUT2D eigenvalue weighted by atomic mass is 10.0. The van der Waals surface area contributed by atoms with Crippen molar-refractivity contribution in [2.45, 2.75) is 19.5 Å². The minimum absolute atomic E-state index is 0.0510. The van der Waals surface area contributed by atoms with Gasteiger partial charge in [-0.05, 0) is 42.9 Å². The second-order valence-electron chi connectivity index (χ2n) is 8.18. The predicted octanol–water partition coefficient (Wildman–Crippen LogP) is 3.36. The number of fused-ring (bicyclic) bond motifs is 1. The molecule has 1 saturated heterocycles. The molecule has 8 heteroatoms. The van der Waals surface area contributed by atoms with Crippen LogP contribution in [0.5, 0.6) is 0 Å². The van der Waals surface area contributed by atoms with Crippen molar-refractivity contribution in [3.05, 3.63) is 86.9 Å². The summed E-state index contributed by atoms with van der Waals surface area (Å²) >= 11 is 5.31. The molecule has 0 aliphatic carbocycles. The number of allylic oxidation sites excluding steroid dienone is 1. The fourth-order valence-corrected chi connectivity index (χ4v) is 4.47. The zero-order valence-electron chi connectivity index (χ0n) is 18.7. The number of carbonyl (C=O) groups is 1. The first-order chi connectivity index (χ1) is 16.0. The lowest BCUT2D eigenvalue weighted by Gasteiger charge is -2.35. The molecule has 0 radical (unpaired) electrons. The van der Waals surface area contributed by atoms with Gasteiger partial charge in [-0.15, -0.1) is 6.58 Å². The third kappa shape index (κ3) is 5.13. The van der Waals surface area contributed by atoms with Gasteiger partial charge in [0, 0.05) is 31.7 Å². The molecule has 33 heavy (non-hydrogen) atoms.